The van der Waals surface area contributed by atoms with Crippen LogP contribution in [0.15, 0.2) is 22.7 Å². The fourth-order valence-corrected chi connectivity index (χ4v) is 1.53. The molecule has 0 bridgehead atoms. The van der Waals surface area contributed by atoms with Crippen molar-refractivity contribution in [2.45, 2.75) is 12.8 Å². The first kappa shape index (κ1) is 12.6. The van der Waals surface area contributed by atoms with Gasteiger partial charge in [-0.15, -0.1) is 0 Å². The summed E-state index contributed by atoms with van der Waals surface area (Å²) >= 11 is 0. The van der Waals surface area contributed by atoms with Gasteiger partial charge in [0.1, 0.15) is 17.3 Å². The molecule has 1 aromatic heterocycles. The molecule has 0 unspecified atom stereocenters. The van der Waals surface area contributed by atoms with E-state index in [1.54, 1.807) is 0 Å². The molecule has 96 valence electrons. The molecular formula is C12H10F3NO2. The van der Waals surface area contributed by atoms with E-state index in [1.165, 1.54) is 6.07 Å². The molecule has 0 spiro atoms. The summed E-state index contributed by atoms with van der Waals surface area (Å²) in [4.78, 5) is 0. The van der Waals surface area contributed by atoms with E-state index in [0.29, 0.717) is 24.7 Å². The van der Waals surface area contributed by atoms with Gasteiger partial charge >= 0.3 is 0 Å². The van der Waals surface area contributed by atoms with Gasteiger partial charge in [0.05, 0.1) is 0 Å². The van der Waals surface area contributed by atoms with Crippen LogP contribution in [0.4, 0.5) is 13.2 Å². The smallest absolute Gasteiger partial charge is 0.161 e. The van der Waals surface area contributed by atoms with E-state index in [0.717, 1.165) is 6.07 Å². The minimum absolute atomic E-state index is 0.00439. The van der Waals surface area contributed by atoms with E-state index in [9.17, 15) is 13.2 Å². The number of aryl methyl sites for hydroxylation is 1. The monoisotopic (exact) mass is 257 g/mol. The molecule has 0 aliphatic heterocycles. The largest absolute Gasteiger partial charge is 0.396 e. The summed E-state index contributed by atoms with van der Waals surface area (Å²) in [5.74, 6) is -2.86. The van der Waals surface area contributed by atoms with Gasteiger partial charge in [-0.25, -0.2) is 13.2 Å². The van der Waals surface area contributed by atoms with Crippen LogP contribution in [-0.4, -0.2) is 16.9 Å². The highest BCUT2D eigenvalue weighted by Crippen LogP contribution is 2.25. The zero-order valence-electron chi connectivity index (χ0n) is 9.29. The quantitative estimate of drug-likeness (QED) is 0.856. The van der Waals surface area contributed by atoms with Crippen LogP contribution < -0.4 is 0 Å². The second-order valence-corrected chi connectivity index (χ2v) is 3.75. The van der Waals surface area contributed by atoms with E-state index in [4.69, 9.17) is 9.63 Å². The third kappa shape index (κ3) is 2.53. The Morgan fingerprint density at radius 3 is 2.50 bits per heavy atom. The molecule has 1 aromatic carbocycles. The lowest BCUT2D eigenvalue weighted by atomic mass is 10.1. The maximum atomic E-state index is 13.4. The molecule has 3 nitrogen and oxygen atoms in total. The number of halogens is 3. The van der Waals surface area contributed by atoms with Crippen LogP contribution >= 0.6 is 0 Å². The molecule has 0 aliphatic rings. The molecule has 18 heavy (non-hydrogen) atoms. The summed E-state index contributed by atoms with van der Waals surface area (Å²) in [6, 6.07) is 2.64. The Kier molecular flexibility index (Phi) is 3.66. The number of hydrogen-bond donors (Lipinski definition) is 1. The molecule has 0 fully saturated rings. The highest BCUT2D eigenvalue weighted by atomic mass is 19.2. The van der Waals surface area contributed by atoms with Crippen molar-refractivity contribution in [2.75, 3.05) is 6.61 Å². The summed E-state index contributed by atoms with van der Waals surface area (Å²) in [6.45, 7) is -0.00439. The second-order valence-electron chi connectivity index (χ2n) is 3.75. The van der Waals surface area contributed by atoms with Crippen LogP contribution in [0, 0.1) is 17.5 Å². The molecule has 2 aromatic rings. The van der Waals surface area contributed by atoms with Crippen molar-refractivity contribution in [3.63, 3.8) is 0 Å². The van der Waals surface area contributed by atoms with Crippen molar-refractivity contribution in [2.24, 2.45) is 0 Å². The SMILES string of the molecule is OCCCc1cc(-c2cc(F)c(F)cc2F)no1. The third-order valence-electron chi connectivity index (χ3n) is 2.43. The molecule has 1 heterocycles. The van der Waals surface area contributed by atoms with E-state index in [1.807, 2.05) is 0 Å². The summed E-state index contributed by atoms with van der Waals surface area (Å²) in [7, 11) is 0. The molecule has 0 aliphatic carbocycles. The Balaban J connectivity index is 2.31. The predicted octanol–water partition coefficient (Wildman–Crippen LogP) is 2.68. The van der Waals surface area contributed by atoms with Crippen molar-refractivity contribution >= 4 is 0 Å². The number of aliphatic hydroxyl groups excluding tert-OH is 1. The molecule has 6 heteroatoms. The Hall–Kier alpha value is -1.82. The molecule has 0 radical (unpaired) electrons. The lowest BCUT2D eigenvalue weighted by Crippen LogP contribution is -1.91. The number of nitrogens with zero attached hydrogens (tertiary/aromatic N) is 1. The number of hydrogen-bond acceptors (Lipinski definition) is 3. The summed E-state index contributed by atoms with van der Waals surface area (Å²) in [5.41, 5.74) is -0.0627. The average Bonchev–Trinajstić information content (AvgIpc) is 2.79. The first-order valence-electron chi connectivity index (χ1n) is 5.33. The van der Waals surface area contributed by atoms with Gasteiger partial charge in [0.2, 0.25) is 0 Å². The van der Waals surface area contributed by atoms with Gasteiger partial charge in [0, 0.05) is 30.7 Å². The maximum absolute atomic E-state index is 13.4. The molecule has 1 N–H and O–H groups in total. The van der Waals surface area contributed by atoms with E-state index < -0.39 is 17.5 Å². The number of rotatable bonds is 4. The molecule has 0 saturated heterocycles. The second kappa shape index (κ2) is 5.22. The normalized spacial score (nSPS) is 10.9. The van der Waals surface area contributed by atoms with Gasteiger partial charge in [0.15, 0.2) is 11.6 Å². The van der Waals surface area contributed by atoms with Crippen LogP contribution in [0.3, 0.4) is 0 Å². The topological polar surface area (TPSA) is 46.3 Å². The summed E-state index contributed by atoms with van der Waals surface area (Å²) < 4.78 is 44.1. The highest BCUT2D eigenvalue weighted by Gasteiger charge is 2.15. The first-order chi connectivity index (χ1) is 8.61. The zero-order chi connectivity index (χ0) is 13.1. The van der Waals surface area contributed by atoms with E-state index >= 15 is 0 Å². The molecule has 0 saturated carbocycles. The van der Waals surface area contributed by atoms with E-state index in [2.05, 4.69) is 5.16 Å². The van der Waals surface area contributed by atoms with Crippen molar-refractivity contribution < 1.29 is 22.8 Å². The molecule has 0 amide bonds. The van der Waals surface area contributed by atoms with Gasteiger partial charge in [0.25, 0.3) is 0 Å². The van der Waals surface area contributed by atoms with Crippen molar-refractivity contribution in [3.05, 3.63) is 41.4 Å². The van der Waals surface area contributed by atoms with Crippen LogP contribution in [0.2, 0.25) is 0 Å². The van der Waals surface area contributed by atoms with E-state index in [-0.39, 0.29) is 17.9 Å². The molecule has 2 rings (SSSR count). The van der Waals surface area contributed by atoms with Crippen LogP contribution in [-0.2, 0) is 6.42 Å². The van der Waals surface area contributed by atoms with Gasteiger partial charge in [-0.2, -0.15) is 0 Å². The molecule has 0 atom stereocenters. The van der Waals surface area contributed by atoms with Crippen LogP contribution in [0.25, 0.3) is 11.3 Å². The summed E-state index contributed by atoms with van der Waals surface area (Å²) in [6.07, 6.45) is 0.920. The van der Waals surface area contributed by atoms with Gasteiger partial charge in [-0.05, 0) is 12.5 Å². The minimum atomic E-state index is -1.25. The number of benzene rings is 1. The van der Waals surface area contributed by atoms with Gasteiger partial charge < -0.3 is 9.63 Å². The summed E-state index contributed by atoms with van der Waals surface area (Å²) in [5, 5.41) is 12.2. The standard InChI is InChI=1S/C12H10F3NO2/c13-9-6-11(15)10(14)5-8(9)12-4-7(18-16-12)2-1-3-17/h4-6,17H,1-3H2. The number of aromatic nitrogens is 1. The maximum Gasteiger partial charge on any atom is 0.161 e. The first-order valence-corrected chi connectivity index (χ1v) is 5.33. The highest BCUT2D eigenvalue weighted by molar-refractivity contribution is 5.59. The lowest BCUT2D eigenvalue weighted by molar-refractivity contribution is 0.280. The van der Waals surface area contributed by atoms with Crippen LogP contribution in [0.5, 0.6) is 0 Å². The van der Waals surface area contributed by atoms with Gasteiger partial charge in [-0.3, -0.25) is 0 Å². The minimum Gasteiger partial charge on any atom is -0.396 e. The molecular weight excluding hydrogens is 247 g/mol. The Morgan fingerprint density at radius 2 is 1.78 bits per heavy atom. The van der Waals surface area contributed by atoms with Crippen molar-refractivity contribution in [3.8, 4) is 11.3 Å². The fourth-order valence-electron chi connectivity index (χ4n) is 1.53. The van der Waals surface area contributed by atoms with Crippen LogP contribution in [0.1, 0.15) is 12.2 Å². The van der Waals surface area contributed by atoms with Crippen molar-refractivity contribution in [1.82, 2.24) is 5.16 Å². The fraction of sp³-hybridized carbons (Fsp3) is 0.250. The Labute approximate surface area is 101 Å². The Bertz CT molecular complexity index is 554. The zero-order valence-corrected chi connectivity index (χ0v) is 9.29. The number of aliphatic hydroxyl groups is 1. The predicted molar refractivity (Wildman–Crippen MR) is 57.2 cm³/mol. The lowest BCUT2D eigenvalue weighted by Gasteiger charge is -1.99. The third-order valence-corrected chi connectivity index (χ3v) is 2.43. The van der Waals surface area contributed by atoms with Gasteiger partial charge in [-0.1, -0.05) is 5.16 Å². The average molecular weight is 257 g/mol. The van der Waals surface area contributed by atoms with Crippen molar-refractivity contribution in [1.29, 1.82) is 0 Å². The Morgan fingerprint density at radius 1 is 1.06 bits per heavy atom.